The quantitative estimate of drug-likeness (QED) is 0.568. The zero-order valence-electron chi connectivity index (χ0n) is 18.3. The Balaban J connectivity index is 1.39. The third-order valence-electron chi connectivity index (χ3n) is 8.07. The first-order chi connectivity index (χ1) is 14.7. The van der Waals surface area contributed by atoms with Crippen LogP contribution >= 0.6 is 0 Å². The van der Waals surface area contributed by atoms with E-state index in [2.05, 4.69) is 36.4 Å². The standard InChI is InChI=1S/C24H31N3O4/c1-23(2)17-8-9-24(23,3)21(30)16(17)12-20(29)27-19(13-28)22(31)26-15-6-7-18-14(11-15)5-4-10-25-18/h4-7,10-11,16-17,19,21,28,30H,8-9,12-13H2,1-3H3,(H,26,31)(H,27,29). The van der Waals surface area contributed by atoms with Crippen molar-refractivity contribution in [3.63, 3.8) is 0 Å². The fourth-order valence-corrected chi connectivity index (χ4v) is 5.83. The molecule has 2 amide bonds. The minimum atomic E-state index is -1.06. The Bertz CT molecular complexity index is 1010. The summed E-state index contributed by atoms with van der Waals surface area (Å²) in [6, 6.07) is 7.98. The van der Waals surface area contributed by atoms with Crippen molar-refractivity contribution in [2.24, 2.45) is 22.7 Å². The van der Waals surface area contributed by atoms with Crippen LogP contribution in [0.15, 0.2) is 36.5 Å². The van der Waals surface area contributed by atoms with E-state index in [0.29, 0.717) is 5.69 Å². The molecule has 0 spiro atoms. The first kappa shape index (κ1) is 21.7. The van der Waals surface area contributed by atoms with Crippen LogP contribution in [0, 0.1) is 22.7 Å². The fourth-order valence-electron chi connectivity index (χ4n) is 5.83. The molecular weight excluding hydrogens is 394 g/mol. The van der Waals surface area contributed by atoms with Crippen LogP contribution in [0.3, 0.4) is 0 Å². The molecule has 2 aliphatic carbocycles. The van der Waals surface area contributed by atoms with Crippen LogP contribution in [-0.2, 0) is 9.59 Å². The number of nitrogens with zero attached hydrogens (tertiary/aromatic N) is 1. The Labute approximate surface area is 182 Å². The van der Waals surface area contributed by atoms with E-state index in [9.17, 15) is 19.8 Å². The molecule has 0 radical (unpaired) electrons. The van der Waals surface area contributed by atoms with E-state index in [1.807, 2.05) is 12.1 Å². The second-order valence-electron chi connectivity index (χ2n) is 9.80. The molecule has 166 valence electrons. The largest absolute Gasteiger partial charge is 0.394 e. The van der Waals surface area contributed by atoms with Gasteiger partial charge in [0.05, 0.1) is 18.2 Å². The average Bonchev–Trinajstić information content (AvgIpc) is 3.05. The molecule has 0 saturated heterocycles. The van der Waals surface area contributed by atoms with Crippen molar-refractivity contribution in [2.45, 2.75) is 52.2 Å². The lowest BCUT2D eigenvalue weighted by Gasteiger charge is -2.37. The van der Waals surface area contributed by atoms with Gasteiger partial charge >= 0.3 is 0 Å². The molecule has 1 heterocycles. The predicted octanol–water partition coefficient (Wildman–Crippen LogP) is 2.47. The summed E-state index contributed by atoms with van der Waals surface area (Å²) in [5, 5.41) is 26.9. The van der Waals surface area contributed by atoms with Crippen LogP contribution in [0.4, 0.5) is 5.69 Å². The number of fused-ring (bicyclic) bond motifs is 3. The average molecular weight is 426 g/mol. The molecular formula is C24H31N3O4. The Kier molecular flexibility index (Phi) is 5.52. The maximum atomic E-state index is 12.7. The molecule has 2 aromatic rings. The Morgan fingerprint density at radius 1 is 1.26 bits per heavy atom. The number of aromatic nitrogens is 1. The topological polar surface area (TPSA) is 112 Å². The third kappa shape index (κ3) is 3.59. The molecule has 5 unspecified atom stereocenters. The Morgan fingerprint density at radius 2 is 2.03 bits per heavy atom. The van der Waals surface area contributed by atoms with Crippen LogP contribution in [0.25, 0.3) is 10.9 Å². The highest BCUT2D eigenvalue weighted by Crippen LogP contribution is 2.68. The van der Waals surface area contributed by atoms with Gasteiger partial charge in [-0.05, 0) is 59.8 Å². The molecule has 1 aromatic carbocycles. The van der Waals surface area contributed by atoms with E-state index in [0.717, 1.165) is 23.7 Å². The van der Waals surface area contributed by atoms with Gasteiger partial charge in [-0.2, -0.15) is 0 Å². The van der Waals surface area contributed by atoms with Crippen LogP contribution in [0.1, 0.15) is 40.0 Å². The van der Waals surface area contributed by atoms with Crippen molar-refractivity contribution >= 4 is 28.4 Å². The third-order valence-corrected chi connectivity index (χ3v) is 8.07. The second-order valence-corrected chi connectivity index (χ2v) is 9.80. The SMILES string of the molecule is CC1(C)C2CCC1(C)C(O)C2CC(=O)NC(CO)C(=O)Nc1ccc2ncccc2c1. The Morgan fingerprint density at radius 3 is 2.71 bits per heavy atom. The number of aliphatic hydroxyl groups is 2. The van der Waals surface area contributed by atoms with Gasteiger partial charge in [-0.3, -0.25) is 14.6 Å². The van der Waals surface area contributed by atoms with Crippen molar-refractivity contribution in [1.29, 1.82) is 0 Å². The summed E-state index contributed by atoms with van der Waals surface area (Å²) in [5.74, 6) is -0.678. The minimum absolute atomic E-state index is 0.0317. The van der Waals surface area contributed by atoms with Crippen LogP contribution in [0.2, 0.25) is 0 Å². The van der Waals surface area contributed by atoms with Gasteiger partial charge < -0.3 is 20.8 Å². The number of nitrogens with one attached hydrogen (secondary N) is 2. The van der Waals surface area contributed by atoms with Gasteiger partial charge in [-0.15, -0.1) is 0 Å². The van der Waals surface area contributed by atoms with E-state index in [-0.39, 0.29) is 35.0 Å². The fraction of sp³-hybridized carbons (Fsp3) is 0.542. The molecule has 5 atom stereocenters. The van der Waals surface area contributed by atoms with E-state index in [1.54, 1.807) is 24.4 Å². The van der Waals surface area contributed by atoms with Gasteiger partial charge in [0.15, 0.2) is 0 Å². The summed E-state index contributed by atoms with van der Waals surface area (Å²) in [5.41, 5.74) is 1.15. The van der Waals surface area contributed by atoms with E-state index < -0.39 is 24.7 Å². The predicted molar refractivity (Wildman–Crippen MR) is 118 cm³/mol. The molecule has 7 heteroatoms. The lowest BCUT2D eigenvalue weighted by Crippen LogP contribution is -2.47. The molecule has 2 saturated carbocycles. The lowest BCUT2D eigenvalue weighted by atomic mass is 9.70. The van der Waals surface area contributed by atoms with Gasteiger partial charge in [0.25, 0.3) is 0 Å². The maximum Gasteiger partial charge on any atom is 0.249 e. The minimum Gasteiger partial charge on any atom is -0.394 e. The van der Waals surface area contributed by atoms with Crippen molar-refractivity contribution in [3.05, 3.63) is 36.5 Å². The van der Waals surface area contributed by atoms with Gasteiger partial charge in [0.2, 0.25) is 11.8 Å². The van der Waals surface area contributed by atoms with Crippen molar-refractivity contribution < 1.29 is 19.8 Å². The highest BCUT2D eigenvalue weighted by Gasteiger charge is 2.65. The van der Waals surface area contributed by atoms with Crippen molar-refractivity contribution in [1.82, 2.24) is 10.3 Å². The number of amides is 2. The first-order valence-corrected chi connectivity index (χ1v) is 10.9. The number of pyridine rings is 1. The zero-order chi connectivity index (χ0) is 22.4. The molecule has 31 heavy (non-hydrogen) atoms. The summed E-state index contributed by atoms with van der Waals surface area (Å²) in [6.45, 7) is 5.95. The number of aliphatic hydroxyl groups excluding tert-OH is 2. The number of hydrogen-bond donors (Lipinski definition) is 4. The number of hydrogen-bond acceptors (Lipinski definition) is 5. The van der Waals surface area contributed by atoms with E-state index in [4.69, 9.17) is 0 Å². The summed E-state index contributed by atoms with van der Waals surface area (Å²) in [6.07, 6.45) is 3.27. The number of benzene rings is 1. The van der Waals surface area contributed by atoms with Gasteiger partial charge in [0.1, 0.15) is 6.04 Å². The normalized spacial score (nSPS) is 29.6. The molecule has 1 aromatic heterocycles. The van der Waals surface area contributed by atoms with Gasteiger partial charge in [0, 0.05) is 23.7 Å². The molecule has 2 bridgehead atoms. The zero-order valence-corrected chi connectivity index (χ0v) is 18.3. The highest BCUT2D eigenvalue weighted by molar-refractivity contribution is 5.98. The van der Waals surface area contributed by atoms with E-state index in [1.165, 1.54) is 0 Å². The molecule has 2 aliphatic rings. The monoisotopic (exact) mass is 425 g/mol. The van der Waals surface area contributed by atoms with Crippen molar-refractivity contribution in [3.8, 4) is 0 Å². The van der Waals surface area contributed by atoms with Gasteiger partial charge in [-0.25, -0.2) is 0 Å². The number of rotatable bonds is 6. The summed E-state index contributed by atoms with van der Waals surface area (Å²) in [7, 11) is 0. The molecule has 7 nitrogen and oxygen atoms in total. The highest BCUT2D eigenvalue weighted by atomic mass is 16.3. The first-order valence-electron chi connectivity index (χ1n) is 10.9. The second kappa shape index (κ2) is 7.88. The van der Waals surface area contributed by atoms with Gasteiger partial charge in [-0.1, -0.05) is 26.8 Å². The summed E-state index contributed by atoms with van der Waals surface area (Å²) >= 11 is 0. The van der Waals surface area contributed by atoms with Crippen LogP contribution in [0.5, 0.6) is 0 Å². The van der Waals surface area contributed by atoms with Crippen LogP contribution < -0.4 is 10.6 Å². The summed E-state index contributed by atoms with van der Waals surface area (Å²) in [4.78, 5) is 29.6. The molecule has 4 N–H and O–H groups in total. The van der Waals surface area contributed by atoms with Crippen molar-refractivity contribution in [2.75, 3.05) is 11.9 Å². The lowest BCUT2D eigenvalue weighted by molar-refractivity contribution is -0.129. The van der Waals surface area contributed by atoms with Crippen LogP contribution in [-0.4, -0.2) is 45.8 Å². The summed E-state index contributed by atoms with van der Waals surface area (Å²) < 4.78 is 0. The molecule has 4 rings (SSSR count). The van der Waals surface area contributed by atoms with E-state index >= 15 is 0 Å². The smallest absolute Gasteiger partial charge is 0.249 e. The number of anilines is 1. The Hall–Kier alpha value is -2.51. The molecule has 0 aliphatic heterocycles. The number of carbonyl (C=O) groups is 2. The number of carbonyl (C=O) groups excluding carboxylic acids is 2. The maximum absolute atomic E-state index is 12.7. The molecule has 2 fully saturated rings.